The van der Waals surface area contributed by atoms with E-state index in [4.69, 9.17) is 4.99 Å². The summed E-state index contributed by atoms with van der Waals surface area (Å²) >= 11 is 0. The summed E-state index contributed by atoms with van der Waals surface area (Å²) < 4.78 is 0. The summed E-state index contributed by atoms with van der Waals surface area (Å²) in [4.78, 5) is 14.1. The third kappa shape index (κ3) is 3.45. The summed E-state index contributed by atoms with van der Waals surface area (Å²) in [7, 11) is 4.38. The molecule has 1 fully saturated rings. The number of likely N-dealkylation sites (tertiary alicyclic amines) is 1. The molecule has 4 nitrogen and oxygen atoms in total. The van der Waals surface area contributed by atoms with E-state index in [0.29, 0.717) is 0 Å². The van der Waals surface area contributed by atoms with Crippen LogP contribution in [0.2, 0.25) is 0 Å². The molecule has 1 unspecified atom stereocenters. The fourth-order valence-electron chi connectivity index (χ4n) is 4.06. The second kappa shape index (κ2) is 6.96. The predicted octanol–water partition coefficient (Wildman–Crippen LogP) is 3.21. The summed E-state index contributed by atoms with van der Waals surface area (Å²) in [5.41, 5.74) is 4.85. The van der Waals surface area contributed by atoms with Crippen LogP contribution in [0.25, 0.3) is 0 Å². The van der Waals surface area contributed by atoms with E-state index in [9.17, 15) is 0 Å². The van der Waals surface area contributed by atoms with Crippen molar-refractivity contribution in [1.82, 2.24) is 9.88 Å². The number of fused-ring (bicyclic) bond motifs is 1. The number of benzene rings is 1. The number of piperidine rings is 1. The molecule has 0 saturated carbocycles. The van der Waals surface area contributed by atoms with Crippen LogP contribution in [-0.4, -0.2) is 49.3 Å². The summed E-state index contributed by atoms with van der Waals surface area (Å²) in [5, 5.41) is 0. The lowest BCUT2D eigenvalue weighted by Crippen LogP contribution is -2.38. The highest BCUT2D eigenvalue weighted by molar-refractivity contribution is 6.15. The standard InChI is InChI=1S/C21H26N4/c1-24-11-5-6-16(14-24)15-25(2)20-12-17(9-10-22-20)21-19-8-4-3-7-18(19)13-23-21/h3-4,7-10,12,16H,5-6,11,13-15H2,1-2H3. The lowest BCUT2D eigenvalue weighted by atomic mass is 9.98. The monoisotopic (exact) mass is 334 g/mol. The van der Waals surface area contributed by atoms with Crippen LogP contribution in [0, 0.1) is 5.92 Å². The van der Waals surface area contributed by atoms with Crippen LogP contribution in [0.5, 0.6) is 0 Å². The zero-order chi connectivity index (χ0) is 17.2. The zero-order valence-corrected chi connectivity index (χ0v) is 15.2. The molecule has 4 rings (SSSR count). The average molecular weight is 334 g/mol. The molecule has 4 heteroatoms. The van der Waals surface area contributed by atoms with Crippen molar-refractivity contribution < 1.29 is 0 Å². The smallest absolute Gasteiger partial charge is 0.128 e. The number of pyridine rings is 1. The Morgan fingerprint density at radius 2 is 2.12 bits per heavy atom. The van der Waals surface area contributed by atoms with E-state index >= 15 is 0 Å². The van der Waals surface area contributed by atoms with E-state index in [1.165, 1.54) is 42.6 Å². The Morgan fingerprint density at radius 3 is 3.00 bits per heavy atom. The second-order valence-corrected chi connectivity index (χ2v) is 7.38. The molecular weight excluding hydrogens is 308 g/mol. The molecule has 1 aromatic heterocycles. The highest BCUT2D eigenvalue weighted by atomic mass is 15.2. The molecule has 0 radical (unpaired) electrons. The highest BCUT2D eigenvalue weighted by Gasteiger charge is 2.21. The summed E-state index contributed by atoms with van der Waals surface area (Å²) in [6, 6.07) is 12.8. The Kier molecular flexibility index (Phi) is 4.53. The first kappa shape index (κ1) is 16.3. The van der Waals surface area contributed by atoms with Crippen LogP contribution in [0.3, 0.4) is 0 Å². The van der Waals surface area contributed by atoms with Crippen molar-refractivity contribution >= 4 is 11.5 Å². The minimum absolute atomic E-state index is 0.721. The molecule has 130 valence electrons. The molecule has 0 bridgehead atoms. The van der Waals surface area contributed by atoms with Gasteiger partial charge in [0.25, 0.3) is 0 Å². The van der Waals surface area contributed by atoms with Crippen LogP contribution in [0.15, 0.2) is 47.6 Å². The van der Waals surface area contributed by atoms with Crippen molar-refractivity contribution in [3.05, 3.63) is 59.3 Å². The number of anilines is 1. The van der Waals surface area contributed by atoms with Crippen molar-refractivity contribution in [1.29, 1.82) is 0 Å². The first-order valence-corrected chi connectivity index (χ1v) is 9.19. The molecule has 0 N–H and O–H groups in total. The topological polar surface area (TPSA) is 31.7 Å². The highest BCUT2D eigenvalue weighted by Crippen LogP contribution is 2.25. The molecule has 0 aliphatic carbocycles. The number of rotatable bonds is 4. The van der Waals surface area contributed by atoms with E-state index in [-0.39, 0.29) is 0 Å². The van der Waals surface area contributed by atoms with Gasteiger partial charge in [0, 0.05) is 37.5 Å². The summed E-state index contributed by atoms with van der Waals surface area (Å²) in [6.45, 7) is 4.26. The SMILES string of the molecule is CN1CCCC(CN(C)c2cc(C3=NCc4ccccc43)ccn2)C1. The molecule has 2 aromatic rings. The number of nitrogens with zero attached hydrogens (tertiary/aromatic N) is 4. The van der Waals surface area contributed by atoms with Gasteiger partial charge in [-0.3, -0.25) is 4.99 Å². The molecule has 2 aliphatic heterocycles. The normalized spacial score (nSPS) is 20.2. The first-order valence-electron chi connectivity index (χ1n) is 9.19. The Morgan fingerprint density at radius 1 is 1.24 bits per heavy atom. The minimum Gasteiger partial charge on any atom is -0.359 e. The Bertz CT molecular complexity index is 783. The molecule has 2 aliphatic rings. The van der Waals surface area contributed by atoms with Gasteiger partial charge < -0.3 is 9.80 Å². The largest absolute Gasteiger partial charge is 0.359 e. The minimum atomic E-state index is 0.721. The van der Waals surface area contributed by atoms with E-state index in [1.807, 2.05) is 6.20 Å². The number of aliphatic imine (C=N–C) groups is 1. The van der Waals surface area contributed by atoms with Gasteiger partial charge in [-0.15, -0.1) is 0 Å². The van der Waals surface area contributed by atoms with Gasteiger partial charge in [-0.2, -0.15) is 0 Å². The first-order chi connectivity index (χ1) is 12.2. The number of hydrogen-bond donors (Lipinski definition) is 0. The fourth-order valence-corrected chi connectivity index (χ4v) is 4.06. The maximum absolute atomic E-state index is 4.76. The zero-order valence-electron chi connectivity index (χ0n) is 15.2. The van der Waals surface area contributed by atoms with Crippen LogP contribution in [0.1, 0.15) is 29.5 Å². The van der Waals surface area contributed by atoms with Crippen molar-refractivity contribution in [2.45, 2.75) is 19.4 Å². The van der Waals surface area contributed by atoms with Crippen molar-refractivity contribution in [2.24, 2.45) is 10.9 Å². The number of hydrogen-bond acceptors (Lipinski definition) is 4. The van der Waals surface area contributed by atoms with Gasteiger partial charge in [0.05, 0.1) is 12.3 Å². The third-order valence-corrected chi connectivity index (χ3v) is 5.34. The van der Waals surface area contributed by atoms with E-state index < -0.39 is 0 Å². The lowest BCUT2D eigenvalue weighted by molar-refractivity contribution is 0.213. The van der Waals surface area contributed by atoms with Gasteiger partial charge in [-0.1, -0.05) is 24.3 Å². The maximum atomic E-state index is 4.76. The average Bonchev–Trinajstić information content (AvgIpc) is 3.06. The quantitative estimate of drug-likeness (QED) is 0.860. The van der Waals surface area contributed by atoms with E-state index in [0.717, 1.165) is 30.5 Å². The summed E-state index contributed by atoms with van der Waals surface area (Å²) in [5.74, 6) is 1.76. The Labute approximate surface area is 150 Å². The summed E-state index contributed by atoms with van der Waals surface area (Å²) in [6.07, 6.45) is 4.53. The van der Waals surface area contributed by atoms with Crippen molar-refractivity contribution in [2.75, 3.05) is 38.6 Å². The molecule has 1 aromatic carbocycles. The molecular formula is C21H26N4. The van der Waals surface area contributed by atoms with Gasteiger partial charge in [-0.25, -0.2) is 4.98 Å². The van der Waals surface area contributed by atoms with Crippen LogP contribution < -0.4 is 4.90 Å². The van der Waals surface area contributed by atoms with Gasteiger partial charge in [0.2, 0.25) is 0 Å². The van der Waals surface area contributed by atoms with Crippen LogP contribution in [0.4, 0.5) is 5.82 Å². The van der Waals surface area contributed by atoms with Gasteiger partial charge in [0.15, 0.2) is 0 Å². The van der Waals surface area contributed by atoms with Crippen LogP contribution in [-0.2, 0) is 6.54 Å². The lowest BCUT2D eigenvalue weighted by Gasteiger charge is -2.32. The second-order valence-electron chi connectivity index (χ2n) is 7.38. The third-order valence-electron chi connectivity index (χ3n) is 5.34. The van der Waals surface area contributed by atoms with Gasteiger partial charge in [-0.05, 0) is 50.0 Å². The van der Waals surface area contributed by atoms with Crippen molar-refractivity contribution in [3.63, 3.8) is 0 Å². The number of aromatic nitrogens is 1. The molecule has 25 heavy (non-hydrogen) atoms. The molecule has 0 amide bonds. The molecule has 1 saturated heterocycles. The van der Waals surface area contributed by atoms with E-state index in [2.05, 4.69) is 65.3 Å². The van der Waals surface area contributed by atoms with E-state index in [1.54, 1.807) is 0 Å². The molecule has 0 spiro atoms. The fraction of sp³-hybridized carbons (Fsp3) is 0.429. The molecule has 3 heterocycles. The van der Waals surface area contributed by atoms with Crippen LogP contribution >= 0.6 is 0 Å². The van der Waals surface area contributed by atoms with Crippen molar-refractivity contribution in [3.8, 4) is 0 Å². The van der Waals surface area contributed by atoms with Gasteiger partial charge in [0.1, 0.15) is 5.82 Å². The molecule has 1 atom stereocenters. The Balaban J connectivity index is 1.52. The maximum Gasteiger partial charge on any atom is 0.128 e. The Hall–Kier alpha value is -2.20. The predicted molar refractivity (Wildman–Crippen MR) is 104 cm³/mol. The van der Waals surface area contributed by atoms with Gasteiger partial charge >= 0.3 is 0 Å².